The number of nitrogens with zero attached hydrogens (tertiary/aromatic N) is 3. The molecule has 2 heterocycles. The Morgan fingerprint density at radius 2 is 2.03 bits per heavy atom. The first-order valence-electron chi connectivity index (χ1n) is 10.7. The summed E-state index contributed by atoms with van der Waals surface area (Å²) in [7, 11) is 0. The fourth-order valence-corrected chi connectivity index (χ4v) is 4.60. The van der Waals surface area contributed by atoms with E-state index in [2.05, 4.69) is 10.2 Å². The minimum absolute atomic E-state index is 0.0308. The van der Waals surface area contributed by atoms with Crippen molar-refractivity contribution in [2.45, 2.75) is 38.8 Å². The van der Waals surface area contributed by atoms with E-state index in [4.69, 9.17) is 0 Å². The molecule has 2 aliphatic rings. The Morgan fingerprint density at radius 1 is 1.26 bits per heavy atom. The van der Waals surface area contributed by atoms with Gasteiger partial charge in [0.15, 0.2) is 0 Å². The molecule has 0 saturated carbocycles. The maximum absolute atomic E-state index is 14.4. The minimum Gasteiger partial charge on any atom is -0.365 e. The number of rotatable bonds is 5. The number of benzene rings is 2. The molecule has 1 N–H and O–H groups in total. The number of amides is 1. The lowest BCUT2D eigenvalue weighted by Gasteiger charge is -2.49. The van der Waals surface area contributed by atoms with E-state index in [0.717, 1.165) is 17.7 Å². The number of non-ortho nitro benzene ring substituents is 1. The summed E-state index contributed by atoms with van der Waals surface area (Å²) in [6.45, 7) is 5.70. The van der Waals surface area contributed by atoms with Crippen LogP contribution < -0.4 is 15.1 Å². The minimum atomic E-state index is -0.406. The normalized spacial score (nSPS) is 21.1. The third-order valence-electron chi connectivity index (χ3n) is 6.44. The average molecular weight is 426 g/mol. The van der Waals surface area contributed by atoms with Gasteiger partial charge in [0.05, 0.1) is 22.6 Å². The molecule has 31 heavy (non-hydrogen) atoms. The number of para-hydroxylation sites is 1. The summed E-state index contributed by atoms with van der Waals surface area (Å²) in [5, 5.41) is 14.3. The van der Waals surface area contributed by atoms with E-state index in [0.29, 0.717) is 31.7 Å². The van der Waals surface area contributed by atoms with E-state index in [1.54, 1.807) is 24.3 Å². The number of carbonyl (C=O) groups excluding carboxylic acids is 1. The molecule has 3 atom stereocenters. The Morgan fingerprint density at radius 3 is 2.74 bits per heavy atom. The summed E-state index contributed by atoms with van der Waals surface area (Å²) >= 11 is 0. The monoisotopic (exact) mass is 426 g/mol. The predicted octanol–water partition coefficient (Wildman–Crippen LogP) is 3.52. The van der Waals surface area contributed by atoms with Gasteiger partial charge in [-0.1, -0.05) is 19.1 Å². The molecule has 0 bridgehead atoms. The van der Waals surface area contributed by atoms with Crippen LogP contribution in [0.25, 0.3) is 0 Å². The van der Waals surface area contributed by atoms with Crippen molar-refractivity contribution in [1.82, 2.24) is 5.32 Å². The van der Waals surface area contributed by atoms with Crippen LogP contribution in [0.3, 0.4) is 0 Å². The van der Waals surface area contributed by atoms with Crippen LogP contribution >= 0.6 is 0 Å². The molecule has 164 valence electrons. The van der Waals surface area contributed by atoms with Crippen LogP contribution in [0.2, 0.25) is 0 Å². The van der Waals surface area contributed by atoms with Crippen LogP contribution in [0.5, 0.6) is 0 Å². The van der Waals surface area contributed by atoms with Crippen molar-refractivity contribution in [3.8, 4) is 0 Å². The average Bonchev–Trinajstić information content (AvgIpc) is 2.77. The zero-order valence-electron chi connectivity index (χ0n) is 17.8. The van der Waals surface area contributed by atoms with Crippen LogP contribution in [0, 0.1) is 21.8 Å². The highest BCUT2D eigenvalue weighted by molar-refractivity contribution is 5.82. The topological polar surface area (TPSA) is 78.7 Å². The van der Waals surface area contributed by atoms with Crippen LogP contribution in [0.15, 0.2) is 42.5 Å². The van der Waals surface area contributed by atoms with Gasteiger partial charge in [-0.2, -0.15) is 0 Å². The van der Waals surface area contributed by atoms with E-state index in [1.807, 2.05) is 24.8 Å². The van der Waals surface area contributed by atoms with Gasteiger partial charge in [0, 0.05) is 43.5 Å². The molecule has 7 nitrogen and oxygen atoms in total. The molecule has 2 aromatic carbocycles. The molecule has 2 aromatic rings. The Balaban J connectivity index is 1.69. The molecule has 2 aliphatic heterocycles. The highest BCUT2D eigenvalue weighted by Crippen LogP contribution is 2.39. The highest BCUT2D eigenvalue weighted by atomic mass is 19.1. The Labute approximate surface area is 181 Å². The molecule has 0 spiro atoms. The zero-order valence-corrected chi connectivity index (χ0v) is 17.8. The zero-order chi connectivity index (χ0) is 22.1. The van der Waals surface area contributed by atoms with Crippen molar-refractivity contribution < 1.29 is 14.1 Å². The van der Waals surface area contributed by atoms with Gasteiger partial charge >= 0.3 is 0 Å². The molecular weight excluding hydrogens is 399 g/mol. The smallest absolute Gasteiger partial charge is 0.269 e. The van der Waals surface area contributed by atoms with Gasteiger partial charge in [0.1, 0.15) is 5.82 Å². The summed E-state index contributed by atoms with van der Waals surface area (Å²) in [6, 6.07) is 11.5. The fourth-order valence-electron chi connectivity index (χ4n) is 4.60. The van der Waals surface area contributed by atoms with E-state index >= 15 is 0 Å². The maximum Gasteiger partial charge on any atom is 0.269 e. The number of carbonyl (C=O) groups is 1. The van der Waals surface area contributed by atoms with Gasteiger partial charge in [-0.05, 0) is 43.5 Å². The van der Waals surface area contributed by atoms with Gasteiger partial charge in [0.25, 0.3) is 5.69 Å². The number of piperazine rings is 1. The van der Waals surface area contributed by atoms with Gasteiger partial charge in [-0.15, -0.1) is 0 Å². The van der Waals surface area contributed by atoms with Crippen LogP contribution in [-0.2, 0) is 11.2 Å². The summed E-state index contributed by atoms with van der Waals surface area (Å²) in [6.07, 6.45) is 1.24. The summed E-state index contributed by atoms with van der Waals surface area (Å²) in [4.78, 5) is 28.2. The molecule has 0 aromatic heterocycles. The SMILES string of the molecule is CC[C@H](C)NC(=O)[C@H]1Cc2cc([N+](=O)[O-])ccc2N2CCN(c3ccccc3F)C[C@@H]12. The Bertz CT molecular complexity index is 999. The van der Waals surface area contributed by atoms with E-state index in [9.17, 15) is 19.3 Å². The molecule has 1 saturated heterocycles. The van der Waals surface area contributed by atoms with Crippen LogP contribution in [0.4, 0.5) is 21.5 Å². The number of nitrogens with one attached hydrogen (secondary N) is 1. The fraction of sp³-hybridized carbons (Fsp3) is 0.435. The van der Waals surface area contributed by atoms with Crippen molar-refractivity contribution >= 4 is 23.0 Å². The van der Waals surface area contributed by atoms with E-state index in [-0.39, 0.29) is 35.4 Å². The Hall–Kier alpha value is -3.16. The molecule has 0 unspecified atom stereocenters. The predicted molar refractivity (Wildman–Crippen MR) is 118 cm³/mol. The quantitative estimate of drug-likeness (QED) is 0.585. The lowest BCUT2D eigenvalue weighted by molar-refractivity contribution is -0.384. The van der Waals surface area contributed by atoms with Crippen LogP contribution in [-0.4, -0.2) is 42.5 Å². The third-order valence-corrected chi connectivity index (χ3v) is 6.44. The number of nitro benzene ring substituents is 1. The lowest BCUT2D eigenvalue weighted by atomic mass is 9.83. The van der Waals surface area contributed by atoms with Crippen molar-refractivity contribution in [2.75, 3.05) is 29.4 Å². The summed E-state index contributed by atoms with van der Waals surface area (Å²) in [5.41, 5.74) is 2.31. The molecule has 4 rings (SSSR count). The highest BCUT2D eigenvalue weighted by Gasteiger charge is 2.42. The molecule has 0 aliphatic carbocycles. The summed E-state index contributed by atoms with van der Waals surface area (Å²) < 4.78 is 14.4. The summed E-state index contributed by atoms with van der Waals surface area (Å²) in [5.74, 6) is -0.710. The Kier molecular flexibility index (Phi) is 5.80. The lowest BCUT2D eigenvalue weighted by Crippen LogP contribution is -2.61. The van der Waals surface area contributed by atoms with Crippen molar-refractivity contribution in [1.29, 1.82) is 0 Å². The number of halogens is 1. The largest absolute Gasteiger partial charge is 0.365 e. The molecule has 1 amide bonds. The first kappa shape index (κ1) is 21.1. The van der Waals surface area contributed by atoms with Crippen LogP contribution in [0.1, 0.15) is 25.8 Å². The molecule has 1 fully saturated rings. The number of hydrogen-bond donors (Lipinski definition) is 1. The first-order chi connectivity index (χ1) is 14.9. The molecule has 0 radical (unpaired) electrons. The third kappa shape index (κ3) is 4.06. The van der Waals surface area contributed by atoms with Gasteiger partial charge < -0.3 is 15.1 Å². The number of hydrogen-bond acceptors (Lipinski definition) is 5. The second-order valence-corrected chi connectivity index (χ2v) is 8.36. The number of nitro groups is 1. The number of fused-ring (bicyclic) bond motifs is 3. The standard InChI is InChI=1S/C23H27FN4O3/c1-3-15(2)25-23(29)18-13-16-12-17(28(30)31)8-9-20(16)27-11-10-26(14-22(18)27)21-7-5-4-6-19(21)24/h4-9,12,15,18,22H,3,10-11,13-14H2,1-2H3,(H,25,29)/t15-,18-,22-/m0/s1. The first-order valence-corrected chi connectivity index (χ1v) is 10.7. The van der Waals surface area contributed by atoms with Crippen molar-refractivity contribution in [3.05, 3.63) is 64.0 Å². The van der Waals surface area contributed by atoms with Gasteiger partial charge in [-0.3, -0.25) is 14.9 Å². The van der Waals surface area contributed by atoms with E-state index in [1.165, 1.54) is 12.1 Å². The van der Waals surface area contributed by atoms with Gasteiger partial charge in [0.2, 0.25) is 5.91 Å². The van der Waals surface area contributed by atoms with E-state index < -0.39 is 4.92 Å². The van der Waals surface area contributed by atoms with Crippen molar-refractivity contribution in [2.24, 2.45) is 5.92 Å². The second kappa shape index (κ2) is 8.53. The molecular formula is C23H27FN4O3. The maximum atomic E-state index is 14.4. The van der Waals surface area contributed by atoms with Crippen molar-refractivity contribution in [3.63, 3.8) is 0 Å². The second-order valence-electron chi connectivity index (χ2n) is 8.36. The molecule has 8 heteroatoms. The number of anilines is 2. The van der Waals surface area contributed by atoms with Gasteiger partial charge in [-0.25, -0.2) is 4.39 Å².